The number of anilines is 3. The van der Waals surface area contributed by atoms with E-state index in [-0.39, 0.29) is 0 Å². The smallest absolute Gasteiger partial charge is 0.169 e. The summed E-state index contributed by atoms with van der Waals surface area (Å²) in [4.78, 5) is 4.24. The summed E-state index contributed by atoms with van der Waals surface area (Å²) in [7, 11) is 0. The van der Waals surface area contributed by atoms with Gasteiger partial charge >= 0.3 is 0 Å². The number of rotatable bonds is 5. The highest BCUT2D eigenvalue weighted by molar-refractivity contribution is 5.74. The monoisotopic (exact) mass is 336 g/mol. The van der Waals surface area contributed by atoms with Crippen LogP contribution in [0, 0.1) is 0 Å². The largest absolute Gasteiger partial charge is 0.384 e. The second-order valence-electron chi connectivity index (χ2n) is 6.05. The molecule has 0 amide bonds. The Bertz CT molecular complexity index is 901. The summed E-state index contributed by atoms with van der Waals surface area (Å²) in [5.41, 5.74) is 25.8. The van der Waals surface area contributed by atoms with Gasteiger partial charge in [-0.1, -0.05) is 24.3 Å². The molecule has 128 valence electrons. The van der Waals surface area contributed by atoms with Gasteiger partial charge in [0.05, 0.1) is 18.4 Å². The van der Waals surface area contributed by atoms with Gasteiger partial charge in [-0.05, 0) is 28.3 Å². The first-order chi connectivity index (χ1) is 12.2. The molecule has 0 saturated carbocycles. The van der Waals surface area contributed by atoms with Gasteiger partial charge in [-0.25, -0.2) is 4.98 Å². The number of aromatic nitrogens is 3. The van der Waals surface area contributed by atoms with Crippen LogP contribution in [-0.2, 0) is 19.5 Å². The molecule has 3 aromatic rings. The Kier molecular flexibility index (Phi) is 3.96. The van der Waals surface area contributed by atoms with Crippen LogP contribution >= 0.6 is 0 Å². The van der Waals surface area contributed by atoms with E-state index in [1.54, 1.807) is 0 Å². The second-order valence-corrected chi connectivity index (χ2v) is 6.05. The van der Waals surface area contributed by atoms with Crippen LogP contribution in [0.2, 0.25) is 0 Å². The highest BCUT2D eigenvalue weighted by Gasteiger charge is 2.17. The Labute approximate surface area is 145 Å². The molecule has 0 fully saturated rings. The van der Waals surface area contributed by atoms with Crippen molar-refractivity contribution in [2.75, 3.05) is 16.6 Å². The number of nitrogen functional groups attached to an aromatic ring is 1. The van der Waals surface area contributed by atoms with Crippen LogP contribution in [-0.4, -0.2) is 14.8 Å². The molecule has 0 saturated heterocycles. The van der Waals surface area contributed by atoms with Gasteiger partial charge in [-0.15, -0.1) is 5.53 Å². The summed E-state index contributed by atoms with van der Waals surface area (Å²) in [6, 6.07) is 10.1. The van der Waals surface area contributed by atoms with E-state index in [2.05, 4.69) is 38.6 Å². The van der Waals surface area contributed by atoms with E-state index in [4.69, 9.17) is 11.5 Å². The minimum Gasteiger partial charge on any atom is -0.384 e. The van der Waals surface area contributed by atoms with E-state index in [1.165, 1.54) is 5.56 Å². The van der Waals surface area contributed by atoms with Gasteiger partial charge in [0, 0.05) is 19.2 Å². The predicted molar refractivity (Wildman–Crippen MR) is 97.5 cm³/mol. The molecule has 25 heavy (non-hydrogen) atoms. The third kappa shape index (κ3) is 3.25. The first-order valence-corrected chi connectivity index (χ1v) is 8.07. The molecule has 3 heterocycles. The van der Waals surface area contributed by atoms with Crippen LogP contribution in [0.3, 0.4) is 0 Å². The van der Waals surface area contributed by atoms with E-state index < -0.39 is 0 Å². The molecule has 1 aliphatic heterocycles. The molecule has 8 heteroatoms. The normalized spacial score (nSPS) is 12.5. The fourth-order valence-corrected chi connectivity index (χ4v) is 2.99. The minimum absolute atomic E-state index is 0.484. The van der Waals surface area contributed by atoms with Crippen LogP contribution in [0.1, 0.15) is 22.3 Å². The Morgan fingerprint density at radius 1 is 1.08 bits per heavy atom. The Morgan fingerprint density at radius 2 is 1.96 bits per heavy atom. The number of hydrazine groups is 2. The fourth-order valence-electron chi connectivity index (χ4n) is 2.99. The SMILES string of the molecule is NCc1cccc(Cn2cc(Cc3cc(N)nc4c3NNN4)cn2)c1. The van der Waals surface area contributed by atoms with Crippen molar-refractivity contribution in [1.82, 2.24) is 20.3 Å². The van der Waals surface area contributed by atoms with Gasteiger partial charge in [-0.2, -0.15) is 5.10 Å². The maximum atomic E-state index is 5.88. The maximum Gasteiger partial charge on any atom is 0.169 e. The molecule has 1 aromatic carbocycles. The lowest BCUT2D eigenvalue weighted by Crippen LogP contribution is -2.19. The molecule has 1 aliphatic rings. The van der Waals surface area contributed by atoms with Crippen LogP contribution in [0.15, 0.2) is 42.7 Å². The van der Waals surface area contributed by atoms with E-state index in [1.807, 2.05) is 35.3 Å². The summed E-state index contributed by atoms with van der Waals surface area (Å²) in [5, 5.41) is 4.47. The van der Waals surface area contributed by atoms with Crippen LogP contribution < -0.4 is 27.9 Å². The van der Waals surface area contributed by atoms with Crippen molar-refractivity contribution in [3.05, 3.63) is 65.0 Å². The molecule has 2 aromatic heterocycles. The molecular formula is C17H20N8. The van der Waals surface area contributed by atoms with Gasteiger partial charge < -0.3 is 16.9 Å². The average Bonchev–Trinajstić information content (AvgIpc) is 3.24. The maximum absolute atomic E-state index is 5.88. The van der Waals surface area contributed by atoms with Gasteiger partial charge in [-0.3, -0.25) is 10.1 Å². The number of nitrogens with two attached hydrogens (primary N) is 2. The van der Waals surface area contributed by atoms with Gasteiger partial charge in [0.25, 0.3) is 0 Å². The number of nitrogens with one attached hydrogen (secondary N) is 3. The number of pyridine rings is 1. The number of hydrogen-bond donors (Lipinski definition) is 5. The minimum atomic E-state index is 0.484. The Morgan fingerprint density at radius 3 is 2.84 bits per heavy atom. The first kappa shape index (κ1) is 15.4. The van der Waals surface area contributed by atoms with E-state index in [0.29, 0.717) is 31.1 Å². The molecule has 0 bridgehead atoms. The lowest BCUT2D eigenvalue weighted by Gasteiger charge is -2.07. The molecule has 4 rings (SSSR count). The van der Waals surface area contributed by atoms with Crippen molar-refractivity contribution in [2.45, 2.75) is 19.5 Å². The quantitative estimate of drug-likeness (QED) is 0.475. The summed E-state index contributed by atoms with van der Waals surface area (Å²) in [5.74, 6) is 1.19. The zero-order valence-corrected chi connectivity index (χ0v) is 13.7. The standard InChI is InChI=1S/C17H20N8/c18-7-11-2-1-3-12(4-11)9-25-10-13(8-20-25)5-14-6-15(19)21-17-16(14)22-24-23-17/h1-4,6,8,10,22,24H,5,7,9,18H2,(H3,19,21,23). The van der Waals surface area contributed by atoms with E-state index >= 15 is 0 Å². The Hall–Kier alpha value is -3.10. The van der Waals surface area contributed by atoms with E-state index in [0.717, 1.165) is 22.4 Å². The zero-order valence-electron chi connectivity index (χ0n) is 13.7. The van der Waals surface area contributed by atoms with Gasteiger partial charge in [0.2, 0.25) is 0 Å². The number of benzene rings is 1. The van der Waals surface area contributed by atoms with Crippen LogP contribution in [0.4, 0.5) is 17.3 Å². The third-order valence-electron chi connectivity index (χ3n) is 4.14. The van der Waals surface area contributed by atoms with Crippen molar-refractivity contribution in [1.29, 1.82) is 0 Å². The lowest BCUT2D eigenvalue weighted by atomic mass is 10.1. The number of hydrogen-bond acceptors (Lipinski definition) is 7. The van der Waals surface area contributed by atoms with Crippen molar-refractivity contribution < 1.29 is 0 Å². The predicted octanol–water partition coefficient (Wildman–Crippen LogP) is 1.22. The second kappa shape index (κ2) is 6.42. The fraction of sp³-hybridized carbons (Fsp3) is 0.176. The number of fused-ring (bicyclic) bond motifs is 1. The van der Waals surface area contributed by atoms with Crippen molar-refractivity contribution >= 4 is 17.3 Å². The van der Waals surface area contributed by atoms with Gasteiger partial charge in [0.1, 0.15) is 5.82 Å². The molecule has 0 spiro atoms. The molecule has 7 N–H and O–H groups in total. The summed E-state index contributed by atoms with van der Waals surface area (Å²) in [6.07, 6.45) is 4.65. The van der Waals surface area contributed by atoms with Gasteiger partial charge in [0.15, 0.2) is 5.82 Å². The Balaban J connectivity index is 1.52. The lowest BCUT2D eigenvalue weighted by molar-refractivity contribution is 0.685. The summed E-state index contributed by atoms with van der Waals surface area (Å²) >= 11 is 0. The zero-order chi connectivity index (χ0) is 17.2. The van der Waals surface area contributed by atoms with Crippen molar-refractivity contribution in [2.24, 2.45) is 5.73 Å². The molecule has 0 unspecified atom stereocenters. The molecule has 8 nitrogen and oxygen atoms in total. The number of nitrogens with zero attached hydrogens (tertiary/aromatic N) is 3. The first-order valence-electron chi connectivity index (χ1n) is 8.07. The highest BCUT2D eigenvalue weighted by Crippen LogP contribution is 2.29. The van der Waals surface area contributed by atoms with E-state index in [9.17, 15) is 0 Å². The van der Waals surface area contributed by atoms with Crippen LogP contribution in [0.25, 0.3) is 0 Å². The molecular weight excluding hydrogens is 316 g/mol. The summed E-state index contributed by atoms with van der Waals surface area (Å²) in [6.45, 7) is 1.26. The topological polar surface area (TPSA) is 119 Å². The average molecular weight is 336 g/mol. The third-order valence-corrected chi connectivity index (χ3v) is 4.14. The molecule has 0 aliphatic carbocycles. The highest BCUT2D eigenvalue weighted by atomic mass is 15.6. The van der Waals surface area contributed by atoms with Crippen LogP contribution in [0.5, 0.6) is 0 Å². The van der Waals surface area contributed by atoms with Crippen molar-refractivity contribution in [3.8, 4) is 0 Å². The van der Waals surface area contributed by atoms with Crippen molar-refractivity contribution in [3.63, 3.8) is 0 Å². The molecule has 0 atom stereocenters. The molecule has 0 radical (unpaired) electrons. The summed E-state index contributed by atoms with van der Waals surface area (Å²) < 4.78 is 1.93.